The maximum atomic E-state index is 11.8. The van der Waals surface area contributed by atoms with Gasteiger partial charge in [0.15, 0.2) is 0 Å². The molecule has 0 aliphatic rings. The van der Waals surface area contributed by atoms with Crippen LogP contribution in [0, 0.1) is 0 Å². The second kappa shape index (κ2) is 5.17. The number of carbonyl (C=O) groups is 1. The number of hydrogen-bond acceptors (Lipinski definition) is 3. The fourth-order valence-corrected chi connectivity index (χ4v) is 2.00. The van der Waals surface area contributed by atoms with Crippen molar-refractivity contribution in [3.8, 4) is 0 Å². The van der Waals surface area contributed by atoms with Crippen molar-refractivity contribution in [1.82, 2.24) is 4.98 Å². The van der Waals surface area contributed by atoms with Crippen LogP contribution in [0.15, 0.2) is 34.9 Å². The zero-order valence-corrected chi connectivity index (χ0v) is 12.6. The fourth-order valence-electron chi connectivity index (χ4n) is 1.64. The molecular formula is C14H15BrN2O2. The molecule has 1 N–H and O–H groups in total. The molecule has 0 saturated heterocycles. The van der Waals surface area contributed by atoms with Gasteiger partial charge >= 0.3 is 6.09 Å². The average molecular weight is 323 g/mol. The zero-order chi connectivity index (χ0) is 14.0. The number of fused-ring (bicyclic) bond motifs is 1. The number of nitrogens with zero attached hydrogens (tertiary/aromatic N) is 1. The van der Waals surface area contributed by atoms with E-state index in [4.69, 9.17) is 4.74 Å². The summed E-state index contributed by atoms with van der Waals surface area (Å²) in [4.78, 5) is 16.0. The third kappa shape index (κ3) is 3.67. The Labute approximate surface area is 120 Å². The second-order valence-electron chi connectivity index (χ2n) is 5.15. The molecule has 1 aromatic carbocycles. The summed E-state index contributed by atoms with van der Waals surface area (Å²) in [6, 6.07) is 7.46. The molecule has 1 aromatic heterocycles. The lowest BCUT2D eigenvalue weighted by Crippen LogP contribution is -2.27. The minimum Gasteiger partial charge on any atom is -0.444 e. The quantitative estimate of drug-likeness (QED) is 0.849. The Hall–Kier alpha value is -1.62. The minimum atomic E-state index is -0.520. The highest BCUT2D eigenvalue weighted by molar-refractivity contribution is 9.10. The first-order valence-electron chi connectivity index (χ1n) is 5.89. The number of hydrogen-bond donors (Lipinski definition) is 1. The first kappa shape index (κ1) is 13.8. The van der Waals surface area contributed by atoms with E-state index in [1.54, 1.807) is 12.3 Å². The number of pyridine rings is 1. The van der Waals surface area contributed by atoms with Crippen LogP contribution in [0.1, 0.15) is 20.8 Å². The standard InChI is InChI=1S/C14H15BrN2O2/c1-14(2,3)19-13(18)17-12-6-7-16-11-5-4-9(15)8-10(11)12/h4-8H,1-3H3,(H,16,17,18). The van der Waals surface area contributed by atoms with Crippen LogP contribution < -0.4 is 5.32 Å². The number of benzene rings is 1. The average Bonchev–Trinajstić information content (AvgIpc) is 2.27. The molecule has 1 heterocycles. The SMILES string of the molecule is CC(C)(C)OC(=O)Nc1ccnc2ccc(Br)cc12. The van der Waals surface area contributed by atoms with Crippen LogP contribution in [0.25, 0.3) is 10.9 Å². The normalized spacial score (nSPS) is 11.4. The van der Waals surface area contributed by atoms with Crippen LogP contribution in [-0.2, 0) is 4.74 Å². The lowest BCUT2D eigenvalue weighted by molar-refractivity contribution is 0.0636. The molecule has 0 aliphatic carbocycles. The molecule has 4 nitrogen and oxygen atoms in total. The molecule has 0 aliphatic heterocycles. The minimum absolute atomic E-state index is 0.472. The summed E-state index contributed by atoms with van der Waals surface area (Å²) in [5, 5.41) is 3.61. The van der Waals surface area contributed by atoms with Gasteiger partial charge in [0.1, 0.15) is 5.60 Å². The van der Waals surface area contributed by atoms with Crippen molar-refractivity contribution in [2.75, 3.05) is 5.32 Å². The molecular weight excluding hydrogens is 308 g/mol. The Bertz CT molecular complexity index is 620. The predicted molar refractivity (Wildman–Crippen MR) is 79.3 cm³/mol. The van der Waals surface area contributed by atoms with Gasteiger partial charge < -0.3 is 4.74 Å². The maximum absolute atomic E-state index is 11.8. The molecule has 0 radical (unpaired) electrons. The van der Waals surface area contributed by atoms with Crippen molar-refractivity contribution in [3.05, 3.63) is 34.9 Å². The van der Waals surface area contributed by atoms with Gasteiger partial charge in [-0.15, -0.1) is 0 Å². The molecule has 0 spiro atoms. The molecule has 2 aromatic rings. The fraction of sp³-hybridized carbons (Fsp3) is 0.286. The Kier molecular flexibility index (Phi) is 3.75. The predicted octanol–water partition coefficient (Wildman–Crippen LogP) is 4.34. The molecule has 0 atom stereocenters. The third-order valence-electron chi connectivity index (χ3n) is 2.34. The van der Waals surface area contributed by atoms with Crippen LogP contribution in [0.2, 0.25) is 0 Å². The van der Waals surface area contributed by atoms with Gasteiger partial charge in [-0.25, -0.2) is 4.79 Å². The monoisotopic (exact) mass is 322 g/mol. The van der Waals surface area contributed by atoms with Crippen molar-refractivity contribution in [1.29, 1.82) is 0 Å². The smallest absolute Gasteiger partial charge is 0.412 e. The van der Waals surface area contributed by atoms with Crippen molar-refractivity contribution < 1.29 is 9.53 Å². The summed E-state index contributed by atoms with van der Waals surface area (Å²) in [5.41, 5.74) is 0.977. The van der Waals surface area contributed by atoms with Gasteiger partial charge in [0.2, 0.25) is 0 Å². The van der Waals surface area contributed by atoms with Crippen LogP contribution in [0.3, 0.4) is 0 Å². The topological polar surface area (TPSA) is 51.2 Å². The summed E-state index contributed by atoms with van der Waals surface area (Å²) >= 11 is 3.41. The van der Waals surface area contributed by atoms with Crippen LogP contribution in [-0.4, -0.2) is 16.7 Å². The molecule has 5 heteroatoms. The van der Waals surface area contributed by atoms with Crippen molar-refractivity contribution >= 4 is 38.6 Å². The van der Waals surface area contributed by atoms with E-state index in [0.29, 0.717) is 5.69 Å². The number of rotatable bonds is 1. The number of aromatic nitrogens is 1. The number of amides is 1. The van der Waals surface area contributed by atoms with Gasteiger partial charge in [0, 0.05) is 16.1 Å². The van der Waals surface area contributed by atoms with Crippen LogP contribution in [0.4, 0.5) is 10.5 Å². The lowest BCUT2D eigenvalue weighted by atomic mass is 10.2. The zero-order valence-electron chi connectivity index (χ0n) is 11.0. The van der Waals surface area contributed by atoms with Crippen LogP contribution in [0.5, 0.6) is 0 Å². The van der Waals surface area contributed by atoms with Crippen LogP contribution >= 0.6 is 15.9 Å². The first-order valence-corrected chi connectivity index (χ1v) is 6.69. The summed E-state index contributed by atoms with van der Waals surface area (Å²) < 4.78 is 6.17. The summed E-state index contributed by atoms with van der Waals surface area (Å²) in [5.74, 6) is 0. The number of halogens is 1. The molecule has 0 saturated carbocycles. The summed E-state index contributed by atoms with van der Waals surface area (Å²) in [6.07, 6.45) is 1.18. The summed E-state index contributed by atoms with van der Waals surface area (Å²) in [6.45, 7) is 5.48. The Morgan fingerprint density at radius 1 is 1.32 bits per heavy atom. The van der Waals surface area contributed by atoms with Crippen molar-refractivity contribution in [3.63, 3.8) is 0 Å². The van der Waals surface area contributed by atoms with Crippen molar-refractivity contribution in [2.24, 2.45) is 0 Å². The van der Waals surface area contributed by atoms with Gasteiger partial charge in [-0.1, -0.05) is 15.9 Å². The molecule has 0 unspecified atom stereocenters. The number of nitrogens with one attached hydrogen (secondary N) is 1. The first-order chi connectivity index (χ1) is 8.85. The molecule has 2 rings (SSSR count). The second-order valence-corrected chi connectivity index (χ2v) is 6.06. The van der Waals surface area contributed by atoms with E-state index < -0.39 is 11.7 Å². The van der Waals surface area contributed by atoms with E-state index in [-0.39, 0.29) is 0 Å². The number of anilines is 1. The van der Waals surface area contributed by atoms with E-state index in [2.05, 4.69) is 26.2 Å². The maximum Gasteiger partial charge on any atom is 0.412 e. The van der Waals surface area contributed by atoms with Gasteiger partial charge in [0.05, 0.1) is 11.2 Å². The molecule has 0 fully saturated rings. The highest BCUT2D eigenvalue weighted by Crippen LogP contribution is 2.25. The van der Waals surface area contributed by atoms with E-state index in [9.17, 15) is 4.79 Å². The number of carbonyl (C=O) groups excluding carboxylic acids is 1. The van der Waals surface area contributed by atoms with Gasteiger partial charge in [-0.05, 0) is 45.0 Å². The largest absolute Gasteiger partial charge is 0.444 e. The van der Waals surface area contributed by atoms with Gasteiger partial charge in [-0.2, -0.15) is 0 Å². The highest BCUT2D eigenvalue weighted by Gasteiger charge is 2.16. The Balaban J connectivity index is 2.30. The highest BCUT2D eigenvalue weighted by atomic mass is 79.9. The molecule has 19 heavy (non-hydrogen) atoms. The Morgan fingerprint density at radius 3 is 2.74 bits per heavy atom. The summed E-state index contributed by atoms with van der Waals surface area (Å²) in [7, 11) is 0. The molecule has 100 valence electrons. The van der Waals surface area contributed by atoms with Gasteiger partial charge in [-0.3, -0.25) is 10.3 Å². The lowest BCUT2D eigenvalue weighted by Gasteiger charge is -2.20. The van der Waals surface area contributed by atoms with Crippen molar-refractivity contribution in [2.45, 2.75) is 26.4 Å². The van der Waals surface area contributed by atoms with E-state index >= 15 is 0 Å². The molecule has 0 bridgehead atoms. The molecule has 1 amide bonds. The Morgan fingerprint density at radius 2 is 2.05 bits per heavy atom. The van der Waals surface area contributed by atoms with Gasteiger partial charge in [0.25, 0.3) is 0 Å². The van der Waals surface area contributed by atoms with E-state index in [0.717, 1.165) is 15.4 Å². The van der Waals surface area contributed by atoms with E-state index in [1.165, 1.54) is 0 Å². The van der Waals surface area contributed by atoms with E-state index in [1.807, 2.05) is 39.0 Å². The third-order valence-corrected chi connectivity index (χ3v) is 2.83. The number of ether oxygens (including phenoxy) is 1.